The van der Waals surface area contributed by atoms with Gasteiger partial charge in [-0.3, -0.25) is 10.1 Å². The first-order chi connectivity index (χ1) is 12.0. The van der Waals surface area contributed by atoms with Crippen molar-refractivity contribution in [2.45, 2.75) is 6.92 Å². The molecule has 2 N–H and O–H groups in total. The van der Waals surface area contributed by atoms with Crippen molar-refractivity contribution in [1.82, 2.24) is 9.97 Å². The molecule has 7 nitrogen and oxygen atoms in total. The van der Waals surface area contributed by atoms with Crippen LogP contribution in [0.1, 0.15) is 5.56 Å². The average Bonchev–Trinajstić information content (AvgIpc) is 2.57. The van der Waals surface area contributed by atoms with Crippen LogP contribution in [0.2, 0.25) is 0 Å². The SMILES string of the molecule is Cc1ccc(Nc2ncnc(Nc3cccc(Br)c3)c2[N+](=O)[O-])cc1. The molecule has 0 unspecified atom stereocenters. The summed E-state index contributed by atoms with van der Waals surface area (Å²) < 4.78 is 0.854. The molecule has 1 heterocycles. The molecule has 1 aromatic heterocycles. The predicted molar refractivity (Wildman–Crippen MR) is 101 cm³/mol. The summed E-state index contributed by atoms with van der Waals surface area (Å²) >= 11 is 3.37. The highest BCUT2D eigenvalue weighted by Crippen LogP contribution is 2.33. The van der Waals surface area contributed by atoms with Crippen LogP contribution >= 0.6 is 15.9 Å². The monoisotopic (exact) mass is 399 g/mol. The quantitative estimate of drug-likeness (QED) is 0.465. The molecule has 126 valence electrons. The molecule has 0 saturated heterocycles. The van der Waals surface area contributed by atoms with Gasteiger partial charge in [-0.05, 0) is 37.3 Å². The van der Waals surface area contributed by atoms with Crippen LogP contribution in [0.3, 0.4) is 0 Å². The number of hydrogen-bond donors (Lipinski definition) is 2. The molecule has 25 heavy (non-hydrogen) atoms. The number of nitrogens with one attached hydrogen (secondary N) is 2. The summed E-state index contributed by atoms with van der Waals surface area (Å²) in [4.78, 5) is 19.1. The average molecular weight is 400 g/mol. The zero-order valence-corrected chi connectivity index (χ0v) is 14.8. The summed E-state index contributed by atoms with van der Waals surface area (Å²) in [6, 6.07) is 14.8. The summed E-state index contributed by atoms with van der Waals surface area (Å²) in [5.41, 5.74) is 2.26. The fourth-order valence-electron chi connectivity index (χ4n) is 2.21. The topological polar surface area (TPSA) is 93.0 Å². The van der Waals surface area contributed by atoms with Gasteiger partial charge in [0.1, 0.15) is 6.33 Å². The molecule has 0 aliphatic rings. The summed E-state index contributed by atoms with van der Waals surface area (Å²) in [6.45, 7) is 1.97. The Labute approximate surface area is 152 Å². The molecule has 0 atom stereocenters. The fraction of sp³-hybridized carbons (Fsp3) is 0.0588. The number of aryl methyl sites for hydroxylation is 1. The number of rotatable bonds is 5. The molecule has 3 aromatic rings. The number of benzene rings is 2. The molecule has 0 aliphatic carbocycles. The van der Waals surface area contributed by atoms with Crippen molar-refractivity contribution in [3.63, 3.8) is 0 Å². The van der Waals surface area contributed by atoms with E-state index in [4.69, 9.17) is 0 Å². The van der Waals surface area contributed by atoms with Gasteiger partial charge in [-0.2, -0.15) is 0 Å². The maximum absolute atomic E-state index is 11.6. The summed E-state index contributed by atoms with van der Waals surface area (Å²) in [7, 11) is 0. The molecule has 3 rings (SSSR count). The number of aromatic nitrogens is 2. The van der Waals surface area contributed by atoms with E-state index in [1.807, 2.05) is 43.3 Å². The maximum Gasteiger partial charge on any atom is 0.353 e. The van der Waals surface area contributed by atoms with Gasteiger partial charge in [0.05, 0.1) is 4.92 Å². The van der Waals surface area contributed by atoms with Crippen molar-refractivity contribution >= 4 is 44.6 Å². The lowest BCUT2D eigenvalue weighted by Crippen LogP contribution is -2.05. The van der Waals surface area contributed by atoms with Gasteiger partial charge in [0.25, 0.3) is 0 Å². The largest absolute Gasteiger partial charge is 0.353 e. The minimum atomic E-state index is -0.503. The Morgan fingerprint density at radius 1 is 1.00 bits per heavy atom. The number of nitro groups is 1. The third-order valence-electron chi connectivity index (χ3n) is 3.41. The molecule has 2 aromatic carbocycles. The van der Waals surface area contributed by atoms with E-state index in [0.29, 0.717) is 11.4 Å². The first-order valence-corrected chi connectivity index (χ1v) is 8.18. The Kier molecular flexibility index (Phi) is 4.90. The lowest BCUT2D eigenvalue weighted by Gasteiger charge is -2.10. The van der Waals surface area contributed by atoms with Crippen LogP contribution in [0, 0.1) is 17.0 Å². The Hall–Kier alpha value is -3.00. The Morgan fingerprint density at radius 3 is 2.24 bits per heavy atom. The van der Waals surface area contributed by atoms with Gasteiger partial charge in [0.2, 0.25) is 11.6 Å². The second kappa shape index (κ2) is 7.27. The standard InChI is InChI=1S/C17H14BrN5O2/c1-11-5-7-13(8-6-11)21-16-15(23(24)25)17(20-10-19-16)22-14-4-2-3-12(18)9-14/h2-10H,1H3,(H2,19,20,21,22). The van der Waals surface area contributed by atoms with Crippen molar-refractivity contribution in [2.24, 2.45) is 0 Å². The van der Waals surface area contributed by atoms with E-state index in [9.17, 15) is 10.1 Å². The van der Waals surface area contributed by atoms with Gasteiger partial charge in [-0.15, -0.1) is 0 Å². The molecule has 0 radical (unpaired) electrons. The van der Waals surface area contributed by atoms with Crippen LogP contribution in [0.4, 0.5) is 28.7 Å². The molecule has 0 amide bonds. The highest BCUT2D eigenvalue weighted by molar-refractivity contribution is 9.10. The van der Waals surface area contributed by atoms with Crippen LogP contribution in [0.5, 0.6) is 0 Å². The number of nitrogens with zero attached hydrogens (tertiary/aromatic N) is 3. The van der Waals surface area contributed by atoms with Crippen molar-refractivity contribution < 1.29 is 4.92 Å². The lowest BCUT2D eigenvalue weighted by atomic mass is 10.2. The van der Waals surface area contributed by atoms with E-state index in [0.717, 1.165) is 10.0 Å². The predicted octanol–water partition coefficient (Wildman–Crippen LogP) is 4.94. The second-order valence-corrected chi connectivity index (χ2v) is 6.22. The molecule has 0 saturated carbocycles. The smallest absolute Gasteiger partial charge is 0.334 e. The van der Waals surface area contributed by atoms with Gasteiger partial charge in [0.15, 0.2) is 0 Å². The highest BCUT2D eigenvalue weighted by Gasteiger charge is 2.23. The Balaban J connectivity index is 1.96. The first-order valence-electron chi connectivity index (χ1n) is 7.38. The highest BCUT2D eigenvalue weighted by atomic mass is 79.9. The van der Waals surface area contributed by atoms with E-state index >= 15 is 0 Å². The molecule has 0 bridgehead atoms. The molecule has 0 aliphatic heterocycles. The summed E-state index contributed by atoms with van der Waals surface area (Å²) in [5.74, 6) is 0.245. The molecule has 8 heteroatoms. The maximum atomic E-state index is 11.6. The van der Waals surface area contributed by atoms with Gasteiger partial charge >= 0.3 is 5.69 Å². The third kappa shape index (κ3) is 4.10. The zero-order chi connectivity index (χ0) is 17.8. The first kappa shape index (κ1) is 16.8. The van der Waals surface area contributed by atoms with Crippen molar-refractivity contribution in [3.8, 4) is 0 Å². The van der Waals surface area contributed by atoms with Crippen LogP contribution in [0.15, 0.2) is 59.3 Å². The molecule has 0 fully saturated rings. The van der Waals surface area contributed by atoms with Gasteiger partial charge < -0.3 is 10.6 Å². The van der Waals surface area contributed by atoms with E-state index in [-0.39, 0.29) is 17.3 Å². The van der Waals surface area contributed by atoms with E-state index in [1.54, 1.807) is 12.1 Å². The van der Waals surface area contributed by atoms with Gasteiger partial charge in [-0.25, -0.2) is 9.97 Å². The van der Waals surface area contributed by atoms with E-state index in [2.05, 4.69) is 36.5 Å². The number of halogens is 1. The van der Waals surface area contributed by atoms with Gasteiger partial charge in [-0.1, -0.05) is 39.7 Å². The zero-order valence-electron chi connectivity index (χ0n) is 13.2. The third-order valence-corrected chi connectivity index (χ3v) is 3.90. The minimum Gasteiger partial charge on any atom is -0.334 e. The van der Waals surface area contributed by atoms with E-state index < -0.39 is 4.92 Å². The second-order valence-electron chi connectivity index (χ2n) is 5.30. The van der Waals surface area contributed by atoms with E-state index in [1.165, 1.54) is 6.33 Å². The summed E-state index contributed by atoms with van der Waals surface area (Å²) in [5, 5.41) is 17.5. The van der Waals surface area contributed by atoms with Crippen LogP contribution in [-0.2, 0) is 0 Å². The Bertz CT molecular complexity index is 915. The lowest BCUT2D eigenvalue weighted by molar-refractivity contribution is -0.383. The summed E-state index contributed by atoms with van der Waals surface area (Å²) in [6.07, 6.45) is 1.28. The number of anilines is 4. The van der Waals surface area contributed by atoms with Crippen molar-refractivity contribution in [1.29, 1.82) is 0 Å². The van der Waals surface area contributed by atoms with Crippen LogP contribution < -0.4 is 10.6 Å². The van der Waals surface area contributed by atoms with Crippen LogP contribution in [0.25, 0.3) is 0 Å². The number of hydrogen-bond acceptors (Lipinski definition) is 6. The minimum absolute atomic E-state index is 0.118. The van der Waals surface area contributed by atoms with Crippen molar-refractivity contribution in [3.05, 3.63) is 75.0 Å². The fourth-order valence-corrected chi connectivity index (χ4v) is 2.61. The Morgan fingerprint density at radius 2 is 1.64 bits per heavy atom. The molecule has 0 spiro atoms. The molecular formula is C17H14BrN5O2. The van der Waals surface area contributed by atoms with Crippen LogP contribution in [-0.4, -0.2) is 14.9 Å². The normalized spacial score (nSPS) is 10.3. The molecular weight excluding hydrogens is 386 g/mol. The van der Waals surface area contributed by atoms with Crippen molar-refractivity contribution in [2.75, 3.05) is 10.6 Å². The van der Waals surface area contributed by atoms with Gasteiger partial charge in [0, 0.05) is 15.8 Å².